The summed E-state index contributed by atoms with van der Waals surface area (Å²) < 4.78 is 44.4. The van der Waals surface area contributed by atoms with Crippen LogP contribution in [-0.4, -0.2) is 16.1 Å². The van der Waals surface area contributed by atoms with Gasteiger partial charge in [-0.2, -0.15) is 18.2 Å². The second kappa shape index (κ2) is 8.87. The molecular formula is C19H24F3N3O. The van der Waals surface area contributed by atoms with E-state index in [1.165, 1.54) is 18.4 Å². The Bertz CT molecular complexity index is 700. The van der Waals surface area contributed by atoms with Gasteiger partial charge in [0.05, 0.1) is 6.10 Å². The summed E-state index contributed by atoms with van der Waals surface area (Å²) in [5.41, 5.74) is 0.948. The number of rotatable bonds is 8. The SMILES string of the molecule is CCCCCc1ccc(Nc2ncc(C(F)(F)F)c(OC(C)C)n2)cc1. The Morgan fingerprint density at radius 3 is 2.38 bits per heavy atom. The topological polar surface area (TPSA) is 47.0 Å². The Hall–Kier alpha value is -2.31. The van der Waals surface area contributed by atoms with Crippen molar-refractivity contribution in [1.29, 1.82) is 0 Å². The first kappa shape index (κ1) is 20.0. The summed E-state index contributed by atoms with van der Waals surface area (Å²) in [5, 5.41) is 2.92. The third kappa shape index (κ3) is 5.89. The smallest absolute Gasteiger partial charge is 0.423 e. The van der Waals surface area contributed by atoms with Gasteiger partial charge in [-0.1, -0.05) is 31.9 Å². The Morgan fingerprint density at radius 2 is 1.81 bits per heavy atom. The van der Waals surface area contributed by atoms with Crippen LogP contribution in [0.1, 0.15) is 51.2 Å². The molecule has 4 nitrogen and oxygen atoms in total. The zero-order chi connectivity index (χ0) is 19.2. The van der Waals surface area contributed by atoms with Crippen molar-refractivity contribution in [2.75, 3.05) is 5.32 Å². The van der Waals surface area contributed by atoms with Crippen molar-refractivity contribution in [3.8, 4) is 5.88 Å². The lowest BCUT2D eigenvalue weighted by Crippen LogP contribution is -2.15. The Labute approximate surface area is 151 Å². The number of aromatic nitrogens is 2. The third-order valence-corrected chi connectivity index (χ3v) is 3.69. The van der Waals surface area contributed by atoms with Crippen molar-refractivity contribution < 1.29 is 17.9 Å². The zero-order valence-corrected chi connectivity index (χ0v) is 15.2. The summed E-state index contributed by atoms with van der Waals surface area (Å²) in [4.78, 5) is 7.66. The predicted molar refractivity (Wildman–Crippen MR) is 95.8 cm³/mol. The van der Waals surface area contributed by atoms with Crippen LogP contribution in [0.2, 0.25) is 0 Å². The van der Waals surface area contributed by atoms with Crippen molar-refractivity contribution in [1.82, 2.24) is 9.97 Å². The van der Waals surface area contributed by atoms with Crippen molar-refractivity contribution in [3.05, 3.63) is 41.6 Å². The Balaban J connectivity index is 2.13. The molecule has 1 N–H and O–H groups in total. The molecule has 0 aliphatic rings. The molecule has 0 bridgehead atoms. The van der Waals surface area contributed by atoms with E-state index in [0.29, 0.717) is 5.69 Å². The van der Waals surface area contributed by atoms with Crippen LogP contribution >= 0.6 is 0 Å². The fourth-order valence-electron chi connectivity index (χ4n) is 2.40. The summed E-state index contributed by atoms with van der Waals surface area (Å²) in [7, 11) is 0. The number of nitrogens with zero attached hydrogens (tertiary/aromatic N) is 2. The number of hydrogen-bond donors (Lipinski definition) is 1. The molecule has 0 spiro atoms. The summed E-state index contributed by atoms with van der Waals surface area (Å²) >= 11 is 0. The Morgan fingerprint density at radius 1 is 1.12 bits per heavy atom. The average Bonchev–Trinajstić information content (AvgIpc) is 2.55. The summed E-state index contributed by atoms with van der Waals surface area (Å²) in [6.07, 6.45) is 0.262. The van der Waals surface area contributed by atoms with Gasteiger partial charge in [-0.25, -0.2) is 4.98 Å². The maximum absolute atomic E-state index is 13.0. The minimum Gasteiger partial charge on any atom is -0.474 e. The molecule has 142 valence electrons. The quantitative estimate of drug-likeness (QED) is 0.603. The second-order valence-corrected chi connectivity index (χ2v) is 6.36. The molecule has 0 unspecified atom stereocenters. The van der Waals surface area contributed by atoms with E-state index >= 15 is 0 Å². The first-order chi connectivity index (χ1) is 12.3. The molecular weight excluding hydrogens is 343 g/mol. The normalized spacial score (nSPS) is 11.7. The van der Waals surface area contributed by atoms with Gasteiger partial charge in [0, 0.05) is 11.9 Å². The molecule has 1 aromatic carbocycles. The molecule has 0 aliphatic carbocycles. The van der Waals surface area contributed by atoms with Crippen LogP contribution < -0.4 is 10.1 Å². The first-order valence-corrected chi connectivity index (χ1v) is 8.76. The number of anilines is 2. The van der Waals surface area contributed by atoms with E-state index in [4.69, 9.17) is 4.74 Å². The molecule has 1 heterocycles. The molecule has 26 heavy (non-hydrogen) atoms. The van der Waals surface area contributed by atoms with Crippen molar-refractivity contribution >= 4 is 11.6 Å². The minimum atomic E-state index is -4.57. The van der Waals surface area contributed by atoms with Crippen LogP contribution in [-0.2, 0) is 12.6 Å². The maximum atomic E-state index is 13.0. The van der Waals surface area contributed by atoms with Gasteiger partial charge in [0.2, 0.25) is 11.8 Å². The van der Waals surface area contributed by atoms with Crippen molar-refractivity contribution in [2.45, 2.75) is 58.7 Å². The van der Waals surface area contributed by atoms with E-state index in [0.717, 1.165) is 19.0 Å². The van der Waals surface area contributed by atoms with Crippen molar-refractivity contribution in [2.24, 2.45) is 0 Å². The fourth-order valence-corrected chi connectivity index (χ4v) is 2.40. The monoisotopic (exact) mass is 367 g/mol. The highest BCUT2D eigenvalue weighted by Gasteiger charge is 2.36. The highest BCUT2D eigenvalue weighted by atomic mass is 19.4. The number of nitrogens with one attached hydrogen (secondary N) is 1. The highest BCUT2D eigenvalue weighted by Crippen LogP contribution is 2.35. The van der Waals surface area contributed by atoms with E-state index in [9.17, 15) is 13.2 Å². The van der Waals surface area contributed by atoms with Gasteiger partial charge in [0.1, 0.15) is 5.56 Å². The lowest BCUT2D eigenvalue weighted by Gasteiger charge is -2.16. The van der Waals surface area contributed by atoms with Gasteiger partial charge in [-0.15, -0.1) is 0 Å². The van der Waals surface area contributed by atoms with Gasteiger partial charge in [0.25, 0.3) is 0 Å². The van der Waals surface area contributed by atoms with Gasteiger partial charge in [0.15, 0.2) is 0 Å². The molecule has 0 fully saturated rings. The minimum absolute atomic E-state index is 0.0624. The summed E-state index contributed by atoms with van der Waals surface area (Å²) in [6, 6.07) is 7.72. The second-order valence-electron chi connectivity index (χ2n) is 6.36. The fraction of sp³-hybridized carbons (Fsp3) is 0.474. The van der Waals surface area contributed by atoms with E-state index in [-0.39, 0.29) is 5.95 Å². The van der Waals surface area contributed by atoms with E-state index in [1.54, 1.807) is 13.8 Å². The van der Waals surface area contributed by atoms with E-state index in [2.05, 4.69) is 22.2 Å². The largest absolute Gasteiger partial charge is 0.474 e. The standard InChI is InChI=1S/C19H24F3N3O/c1-4-5-6-7-14-8-10-15(11-9-14)24-18-23-12-16(19(20,21)22)17(25-18)26-13(2)3/h8-13H,4-7H2,1-3H3,(H,23,24,25). The van der Waals surface area contributed by atoms with E-state index in [1.807, 2.05) is 24.3 Å². The molecule has 0 saturated carbocycles. The lowest BCUT2D eigenvalue weighted by atomic mass is 10.1. The summed E-state index contributed by atoms with van der Waals surface area (Å²) in [6.45, 7) is 5.45. The highest BCUT2D eigenvalue weighted by molar-refractivity contribution is 5.54. The third-order valence-electron chi connectivity index (χ3n) is 3.69. The predicted octanol–water partition coefficient (Wildman–Crippen LogP) is 5.76. The van der Waals surface area contributed by atoms with Gasteiger partial charge in [-0.3, -0.25) is 0 Å². The van der Waals surface area contributed by atoms with Crippen LogP contribution in [0, 0.1) is 0 Å². The van der Waals surface area contributed by atoms with Gasteiger partial charge < -0.3 is 10.1 Å². The Kier molecular flexibility index (Phi) is 6.83. The molecule has 1 aromatic heterocycles. The first-order valence-electron chi connectivity index (χ1n) is 8.76. The number of halogens is 3. The number of aryl methyl sites for hydroxylation is 1. The molecule has 0 atom stereocenters. The number of benzene rings is 1. The summed E-state index contributed by atoms with van der Waals surface area (Å²) in [5.74, 6) is -0.409. The number of hydrogen-bond acceptors (Lipinski definition) is 4. The lowest BCUT2D eigenvalue weighted by molar-refractivity contribution is -0.139. The number of ether oxygens (including phenoxy) is 1. The zero-order valence-electron chi connectivity index (χ0n) is 15.2. The van der Waals surface area contributed by atoms with E-state index < -0.39 is 23.7 Å². The number of unbranched alkanes of at least 4 members (excludes halogenated alkanes) is 2. The van der Waals surface area contributed by atoms with Crippen LogP contribution in [0.25, 0.3) is 0 Å². The maximum Gasteiger partial charge on any atom is 0.423 e. The number of alkyl halides is 3. The van der Waals surface area contributed by atoms with Gasteiger partial charge >= 0.3 is 6.18 Å². The molecule has 0 saturated heterocycles. The molecule has 0 amide bonds. The molecule has 2 aromatic rings. The molecule has 0 aliphatic heterocycles. The molecule has 0 radical (unpaired) electrons. The van der Waals surface area contributed by atoms with Crippen LogP contribution in [0.5, 0.6) is 5.88 Å². The van der Waals surface area contributed by atoms with Crippen LogP contribution in [0.4, 0.5) is 24.8 Å². The van der Waals surface area contributed by atoms with Crippen LogP contribution in [0.3, 0.4) is 0 Å². The van der Waals surface area contributed by atoms with Crippen LogP contribution in [0.15, 0.2) is 30.5 Å². The van der Waals surface area contributed by atoms with Crippen molar-refractivity contribution in [3.63, 3.8) is 0 Å². The van der Waals surface area contributed by atoms with Gasteiger partial charge in [-0.05, 0) is 44.4 Å². The average molecular weight is 367 g/mol. The molecule has 2 rings (SSSR count). The molecule has 7 heteroatoms.